The second kappa shape index (κ2) is 7.01. The second-order valence-electron chi connectivity index (χ2n) is 6.76. The minimum Gasteiger partial charge on any atom is -0.329 e. The largest absolute Gasteiger partial charge is 0.329 e. The Bertz CT molecular complexity index is 1090. The Labute approximate surface area is 155 Å². The zero-order chi connectivity index (χ0) is 19.0. The topological polar surface area (TPSA) is 64.0 Å². The first-order valence-corrected chi connectivity index (χ1v) is 10.3. The molecule has 3 aromatic rings. The molecule has 1 aromatic carbocycles. The van der Waals surface area contributed by atoms with Gasteiger partial charge in [0.2, 0.25) is 15.8 Å². The van der Waals surface area contributed by atoms with Gasteiger partial charge in [-0.3, -0.25) is 0 Å². The zero-order valence-electron chi connectivity index (χ0n) is 14.5. The van der Waals surface area contributed by atoms with Gasteiger partial charge in [0.15, 0.2) is 0 Å². The van der Waals surface area contributed by atoms with Gasteiger partial charge in [0.1, 0.15) is 11.5 Å². The Kier molecular flexibility index (Phi) is 4.69. The molecule has 1 aliphatic rings. The van der Waals surface area contributed by atoms with Crippen molar-refractivity contribution in [3.8, 4) is 0 Å². The summed E-state index contributed by atoms with van der Waals surface area (Å²) >= 11 is 0. The molecule has 0 spiro atoms. The fourth-order valence-corrected chi connectivity index (χ4v) is 5.03. The van der Waals surface area contributed by atoms with Gasteiger partial charge in [0.25, 0.3) is 0 Å². The predicted molar refractivity (Wildman–Crippen MR) is 97.2 cm³/mol. The van der Waals surface area contributed by atoms with Crippen LogP contribution in [0.4, 0.5) is 8.78 Å². The van der Waals surface area contributed by atoms with Crippen LogP contribution in [0.25, 0.3) is 11.0 Å². The van der Waals surface area contributed by atoms with E-state index in [0.29, 0.717) is 11.9 Å². The van der Waals surface area contributed by atoms with E-state index in [0.717, 1.165) is 37.9 Å². The van der Waals surface area contributed by atoms with Crippen LogP contribution in [0.2, 0.25) is 0 Å². The number of hydrogen-bond acceptors (Lipinski definition) is 4. The van der Waals surface area contributed by atoms with Crippen LogP contribution in [-0.4, -0.2) is 30.6 Å². The van der Waals surface area contributed by atoms with Gasteiger partial charge in [0, 0.05) is 24.2 Å². The highest BCUT2D eigenvalue weighted by Crippen LogP contribution is 2.30. The number of benzene rings is 1. The molecular weight excluding hydrogens is 372 g/mol. The van der Waals surface area contributed by atoms with Gasteiger partial charge in [-0.2, -0.15) is 4.39 Å². The predicted octanol–water partition coefficient (Wildman–Crippen LogP) is 3.29. The van der Waals surface area contributed by atoms with E-state index in [2.05, 4.69) is 10.3 Å². The maximum atomic E-state index is 13.7. The van der Waals surface area contributed by atoms with Crippen LogP contribution in [0.5, 0.6) is 0 Å². The van der Waals surface area contributed by atoms with Crippen LogP contribution in [0.1, 0.15) is 19.3 Å². The summed E-state index contributed by atoms with van der Waals surface area (Å²) in [5.41, 5.74) is 0.275. The van der Waals surface area contributed by atoms with Gasteiger partial charge < -0.3 is 9.88 Å². The van der Waals surface area contributed by atoms with Gasteiger partial charge in [-0.1, -0.05) is 12.5 Å². The monoisotopic (exact) mass is 391 g/mol. The van der Waals surface area contributed by atoms with E-state index in [9.17, 15) is 17.2 Å². The van der Waals surface area contributed by atoms with Crippen molar-refractivity contribution in [3.05, 3.63) is 54.4 Å². The molecule has 0 saturated carbocycles. The molecule has 2 aromatic heterocycles. The summed E-state index contributed by atoms with van der Waals surface area (Å²) in [7, 11) is -3.96. The fourth-order valence-electron chi connectivity index (χ4n) is 3.54. The molecule has 0 bridgehead atoms. The zero-order valence-corrected chi connectivity index (χ0v) is 15.3. The number of halogens is 2. The third kappa shape index (κ3) is 3.46. The van der Waals surface area contributed by atoms with E-state index in [1.165, 1.54) is 30.5 Å². The molecule has 8 heteroatoms. The molecule has 1 saturated heterocycles. The van der Waals surface area contributed by atoms with Crippen molar-refractivity contribution >= 4 is 20.9 Å². The highest BCUT2D eigenvalue weighted by molar-refractivity contribution is 7.91. The Balaban J connectivity index is 1.83. The molecule has 0 radical (unpaired) electrons. The van der Waals surface area contributed by atoms with Crippen LogP contribution in [0.3, 0.4) is 0 Å². The molecule has 3 heterocycles. The van der Waals surface area contributed by atoms with Gasteiger partial charge in [-0.15, -0.1) is 0 Å². The van der Waals surface area contributed by atoms with Gasteiger partial charge >= 0.3 is 0 Å². The van der Waals surface area contributed by atoms with Crippen molar-refractivity contribution in [1.82, 2.24) is 14.9 Å². The molecule has 4 rings (SSSR count). The van der Waals surface area contributed by atoms with Crippen molar-refractivity contribution in [2.24, 2.45) is 0 Å². The standard InChI is InChI=1S/C19H19F2N3O2S/c20-13-4-3-6-15(10-13)27(25,26)17-12-24(11-14-5-1-2-9-22-14)19-16(17)7-8-18(21)23-19/h3-4,6-8,10,12,14,22H,1-2,5,9,11H2/t14-/m0/s1. The van der Waals surface area contributed by atoms with Crippen molar-refractivity contribution < 1.29 is 17.2 Å². The first-order chi connectivity index (χ1) is 12.9. The molecule has 1 aliphatic heterocycles. The van der Waals surface area contributed by atoms with Crippen molar-refractivity contribution in [1.29, 1.82) is 0 Å². The van der Waals surface area contributed by atoms with E-state index in [-0.39, 0.29) is 21.5 Å². The smallest absolute Gasteiger partial charge is 0.214 e. The Morgan fingerprint density at radius 3 is 2.78 bits per heavy atom. The minimum absolute atomic E-state index is 0.00593. The summed E-state index contributed by atoms with van der Waals surface area (Å²) in [6, 6.07) is 7.59. The van der Waals surface area contributed by atoms with E-state index in [1.54, 1.807) is 4.57 Å². The molecule has 0 aliphatic carbocycles. The number of fused-ring (bicyclic) bond motifs is 1. The Hall–Kier alpha value is -2.32. The summed E-state index contributed by atoms with van der Waals surface area (Å²) in [4.78, 5) is 3.79. The van der Waals surface area contributed by atoms with Crippen molar-refractivity contribution in [2.75, 3.05) is 6.54 Å². The lowest BCUT2D eigenvalue weighted by atomic mass is 10.1. The summed E-state index contributed by atoms with van der Waals surface area (Å²) in [5, 5.41) is 3.72. The lowest BCUT2D eigenvalue weighted by molar-refractivity contribution is 0.365. The number of aromatic nitrogens is 2. The number of nitrogens with zero attached hydrogens (tertiary/aromatic N) is 2. The quantitative estimate of drug-likeness (QED) is 0.694. The lowest BCUT2D eigenvalue weighted by Gasteiger charge is -2.24. The van der Waals surface area contributed by atoms with E-state index < -0.39 is 21.6 Å². The summed E-state index contributed by atoms with van der Waals surface area (Å²) in [6.45, 7) is 1.39. The molecule has 27 heavy (non-hydrogen) atoms. The second-order valence-corrected chi connectivity index (χ2v) is 8.68. The van der Waals surface area contributed by atoms with Gasteiger partial charge in [-0.25, -0.2) is 17.8 Å². The SMILES string of the molecule is O=S(=O)(c1cccc(F)c1)c1cn(C[C@@H]2CCCCN2)c2nc(F)ccc12. The summed E-state index contributed by atoms with van der Waals surface area (Å²) < 4.78 is 55.1. The molecule has 142 valence electrons. The van der Waals surface area contributed by atoms with Crippen LogP contribution in [-0.2, 0) is 16.4 Å². The molecule has 5 nitrogen and oxygen atoms in total. The van der Waals surface area contributed by atoms with E-state index in [4.69, 9.17) is 0 Å². The molecule has 1 fully saturated rings. The molecule has 0 unspecified atom stereocenters. The highest BCUT2D eigenvalue weighted by Gasteiger charge is 2.26. The van der Waals surface area contributed by atoms with Crippen LogP contribution in [0, 0.1) is 11.8 Å². The van der Waals surface area contributed by atoms with Crippen molar-refractivity contribution in [3.63, 3.8) is 0 Å². The average Bonchev–Trinajstić information content (AvgIpc) is 3.01. The Morgan fingerprint density at radius 2 is 2.04 bits per heavy atom. The summed E-state index contributed by atoms with van der Waals surface area (Å²) in [6.07, 6.45) is 4.64. The number of sulfone groups is 1. The Morgan fingerprint density at radius 1 is 1.19 bits per heavy atom. The number of pyridine rings is 1. The van der Waals surface area contributed by atoms with Gasteiger partial charge in [-0.05, 0) is 49.7 Å². The molecular formula is C19H19F2N3O2S. The fraction of sp³-hybridized carbons (Fsp3) is 0.316. The van der Waals surface area contributed by atoms with Crippen molar-refractivity contribution in [2.45, 2.75) is 41.6 Å². The van der Waals surface area contributed by atoms with Crippen LogP contribution >= 0.6 is 0 Å². The highest BCUT2D eigenvalue weighted by atomic mass is 32.2. The first-order valence-electron chi connectivity index (χ1n) is 8.84. The summed E-state index contributed by atoms with van der Waals surface area (Å²) in [5.74, 6) is -1.30. The number of piperidine rings is 1. The van der Waals surface area contributed by atoms with Crippen LogP contribution < -0.4 is 5.32 Å². The number of rotatable bonds is 4. The minimum atomic E-state index is -3.96. The third-order valence-electron chi connectivity index (χ3n) is 4.88. The maximum Gasteiger partial charge on any atom is 0.214 e. The van der Waals surface area contributed by atoms with Crippen LogP contribution in [0.15, 0.2) is 52.4 Å². The number of hydrogen-bond donors (Lipinski definition) is 1. The molecule has 0 amide bonds. The van der Waals surface area contributed by atoms with E-state index >= 15 is 0 Å². The average molecular weight is 391 g/mol. The molecule has 1 atom stereocenters. The lowest BCUT2D eigenvalue weighted by Crippen LogP contribution is -2.37. The third-order valence-corrected chi connectivity index (χ3v) is 6.66. The molecule has 1 N–H and O–H groups in total. The van der Waals surface area contributed by atoms with Gasteiger partial charge in [0.05, 0.1) is 9.79 Å². The first kappa shape index (κ1) is 18.1. The van der Waals surface area contributed by atoms with E-state index in [1.807, 2.05) is 0 Å². The maximum absolute atomic E-state index is 13.7. The number of nitrogens with one attached hydrogen (secondary N) is 1. The normalized spacial score (nSPS) is 18.1.